The first-order valence-corrected chi connectivity index (χ1v) is 10.3. The number of carbonyl (C=O) groups excluding carboxylic acids is 2. The number of thiophene rings is 1. The van der Waals surface area contributed by atoms with Gasteiger partial charge in [-0.1, -0.05) is 0 Å². The minimum Gasteiger partial charge on any atom is -0.321 e. The van der Waals surface area contributed by atoms with E-state index in [4.69, 9.17) is 0 Å². The molecule has 28 heavy (non-hydrogen) atoms. The molecule has 3 aromatic rings. The molecular formula is C17H16N4O5S2. The van der Waals surface area contributed by atoms with Crippen LogP contribution < -0.4 is 15.6 Å². The Balaban J connectivity index is 1.87. The Morgan fingerprint density at radius 2 is 1.82 bits per heavy atom. The van der Waals surface area contributed by atoms with Gasteiger partial charge in [0.2, 0.25) is 5.91 Å². The molecule has 0 unspecified atom stereocenters. The molecule has 11 heteroatoms. The van der Waals surface area contributed by atoms with Gasteiger partial charge in [-0.3, -0.25) is 14.4 Å². The first-order chi connectivity index (χ1) is 13.1. The van der Waals surface area contributed by atoms with E-state index in [2.05, 4.69) is 10.3 Å². The van der Waals surface area contributed by atoms with Crippen molar-refractivity contribution in [3.63, 3.8) is 0 Å². The molecular weight excluding hydrogens is 404 g/mol. The molecule has 9 nitrogen and oxygen atoms in total. The zero-order valence-electron chi connectivity index (χ0n) is 15.1. The molecule has 0 aliphatic heterocycles. The largest absolute Gasteiger partial charge is 0.321 e. The fourth-order valence-corrected chi connectivity index (χ4v) is 4.60. The average molecular weight is 420 g/mol. The Morgan fingerprint density at radius 1 is 1.18 bits per heavy atom. The van der Waals surface area contributed by atoms with Crippen LogP contribution in [0.25, 0.3) is 10.2 Å². The summed E-state index contributed by atoms with van der Waals surface area (Å²) < 4.78 is 27.1. The van der Waals surface area contributed by atoms with Crippen LogP contribution in [0.5, 0.6) is 0 Å². The molecule has 2 heterocycles. The summed E-state index contributed by atoms with van der Waals surface area (Å²) in [4.78, 5) is 40.7. The van der Waals surface area contributed by atoms with Gasteiger partial charge in [0, 0.05) is 19.7 Å². The lowest BCUT2D eigenvalue weighted by molar-refractivity contribution is -0.117. The third-order valence-electron chi connectivity index (χ3n) is 3.92. The van der Waals surface area contributed by atoms with Gasteiger partial charge in [0.05, 0.1) is 21.5 Å². The monoisotopic (exact) mass is 420 g/mol. The molecule has 0 spiro atoms. The molecule has 0 fully saturated rings. The summed E-state index contributed by atoms with van der Waals surface area (Å²) in [5.41, 5.74) is 0.672. The normalized spacial score (nSPS) is 11.4. The van der Waals surface area contributed by atoms with Crippen LogP contribution >= 0.6 is 11.3 Å². The summed E-state index contributed by atoms with van der Waals surface area (Å²) in [6.45, 7) is 2.78. The van der Waals surface area contributed by atoms with Crippen molar-refractivity contribution in [3.8, 4) is 0 Å². The van der Waals surface area contributed by atoms with Crippen LogP contribution in [0.2, 0.25) is 0 Å². The van der Waals surface area contributed by atoms with Gasteiger partial charge < -0.3 is 9.88 Å². The number of aryl methyl sites for hydroxylation is 2. The Labute approximate surface area is 164 Å². The summed E-state index contributed by atoms with van der Waals surface area (Å²) in [6.07, 6.45) is 1.40. The summed E-state index contributed by atoms with van der Waals surface area (Å²) in [7, 11) is -2.36. The molecule has 146 valence electrons. The topological polar surface area (TPSA) is 127 Å². The number of hydrogen-bond donors (Lipinski definition) is 2. The standard InChI is InChI=1S/C17H16N4O5S2/c1-9-13-16(18-8-21(3)17(13)24)27-14(9)15(23)19-11-4-6-12(7-5-11)28(25,26)20-10(2)22/h4-8H,1-3H3,(H,19,23)(H,20,22). The molecule has 0 aliphatic carbocycles. The van der Waals surface area contributed by atoms with E-state index in [0.29, 0.717) is 26.3 Å². The molecule has 2 aromatic heterocycles. The lowest BCUT2D eigenvalue weighted by Crippen LogP contribution is -2.28. The summed E-state index contributed by atoms with van der Waals surface area (Å²) in [6, 6.07) is 5.37. The Morgan fingerprint density at radius 3 is 2.43 bits per heavy atom. The molecule has 2 amide bonds. The molecule has 0 radical (unpaired) electrons. The number of benzene rings is 1. The number of aromatic nitrogens is 2. The van der Waals surface area contributed by atoms with Gasteiger partial charge >= 0.3 is 0 Å². The van der Waals surface area contributed by atoms with Crippen molar-refractivity contribution in [2.45, 2.75) is 18.7 Å². The van der Waals surface area contributed by atoms with Gasteiger partial charge in [-0.25, -0.2) is 18.1 Å². The summed E-state index contributed by atoms with van der Waals surface area (Å²) in [5.74, 6) is -1.13. The van der Waals surface area contributed by atoms with Crippen LogP contribution in [-0.2, 0) is 21.9 Å². The van der Waals surface area contributed by atoms with Gasteiger partial charge in [-0.2, -0.15) is 0 Å². The third-order valence-corrected chi connectivity index (χ3v) is 6.56. The molecule has 0 saturated carbocycles. The van der Waals surface area contributed by atoms with Gasteiger partial charge in [0.1, 0.15) is 4.83 Å². The third kappa shape index (κ3) is 3.66. The predicted octanol–water partition coefficient (Wildman–Crippen LogP) is 1.38. The highest BCUT2D eigenvalue weighted by Gasteiger charge is 2.20. The van der Waals surface area contributed by atoms with Gasteiger partial charge in [-0.05, 0) is 36.8 Å². The van der Waals surface area contributed by atoms with Crippen molar-refractivity contribution in [3.05, 3.63) is 51.4 Å². The van der Waals surface area contributed by atoms with Crippen LogP contribution in [-0.4, -0.2) is 29.8 Å². The van der Waals surface area contributed by atoms with Crippen molar-refractivity contribution in [1.82, 2.24) is 14.3 Å². The Bertz CT molecular complexity index is 1260. The number of nitrogens with one attached hydrogen (secondary N) is 2. The SMILES string of the molecule is CC(=O)NS(=O)(=O)c1ccc(NC(=O)c2sc3ncn(C)c(=O)c3c2C)cc1. The molecule has 0 aliphatic rings. The first-order valence-electron chi connectivity index (χ1n) is 7.99. The van der Waals surface area contributed by atoms with Gasteiger partial charge in [-0.15, -0.1) is 11.3 Å². The number of carbonyl (C=O) groups is 2. The number of sulfonamides is 1. The van der Waals surface area contributed by atoms with Crippen LogP contribution in [0.3, 0.4) is 0 Å². The van der Waals surface area contributed by atoms with Crippen molar-refractivity contribution in [2.24, 2.45) is 7.05 Å². The predicted molar refractivity (Wildman–Crippen MR) is 105 cm³/mol. The number of rotatable bonds is 4. The lowest BCUT2D eigenvalue weighted by Gasteiger charge is -2.07. The average Bonchev–Trinajstić information content (AvgIpc) is 2.95. The quantitative estimate of drug-likeness (QED) is 0.656. The zero-order valence-corrected chi connectivity index (χ0v) is 16.8. The number of fused-ring (bicyclic) bond motifs is 1. The van der Waals surface area contributed by atoms with E-state index in [1.807, 2.05) is 4.72 Å². The van der Waals surface area contributed by atoms with Crippen LogP contribution in [0.15, 0.2) is 40.3 Å². The maximum Gasteiger partial charge on any atom is 0.266 e. The van der Waals surface area contributed by atoms with Crippen LogP contribution in [0.4, 0.5) is 5.69 Å². The zero-order chi connectivity index (χ0) is 20.6. The number of amides is 2. The molecule has 3 rings (SSSR count). The Hall–Kier alpha value is -3.05. The van der Waals surface area contributed by atoms with E-state index < -0.39 is 21.8 Å². The highest BCUT2D eigenvalue weighted by atomic mass is 32.2. The van der Waals surface area contributed by atoms with Crippen molar-refractivity contribution >= 4 is 49.1 Å². The lowest BCUT2D eigenvalue weighted by atomic mass is 10.2. The molecule has 0 atom stereocenters. The molecule has 1 aromatic carbocycles. The minimum absolute atomic E-state index is 0.105. The van der Waals surface area contributed by atoms with Crippen LogP contribution in [0.1, 0.15) is 22.2 Å². The Kier molecular flexibility index (Phi) is 5.04. The van der Waals surface area contributed by atoms with Gasteiger partial charge in [0.25, 0.3) is 21.5 Å². The smallest absolute Gasteiger partial charge is 0.266 e. The van der Waals surface area contributed by atoms with E-state index in [9.17, 15) is 22.8 Å². The van der Waals surface area contributed by atoms with E-state index in [-0.39, 0.29) is 10.5 Å². The minimum atomic E-state index is -3.95. The fraction of sp³-hybridized carbons (Fsp3) is 0.176. The van der Waals surface area contributed by atoms with E-state index >= 15 is 0 Å². The van der Waals surface area contributed by atoms with Gasteiger partial charge in [0.15, 0.2) is 0 Å². The molecule has 0 saturated heterocycles. The number of hydrogen-bond acceptors (Lipinski definition) is 7. The highest BCUT2D eigenvalue weighted by Crippen LogP contribution is 2.27. The second kappa shape index (κ2) is 7.17. The van der Waals surface area contributed by atoms with E-state index in [1.165, 1.54) is 35.2 Å². The maximum atomic E-state index is 12.6. The molecule has 0 bridgehead atoms. The second-order valence-electron chi connectivity index (χ2n) is 6.04. The fourth-order valence-electron chi connectivity index (χ4n) is 2.58. The summed E-state index contributed by atoms with van der Waals surface area (Å²) >= 11 is 1.11. The van der Waals surface area contributed by atoms with Crippen molar-refractivity contribution in [1.29, 1.82) is 0 Å². The van der Waals surface area contributed by atoms with Crippen molar-refractivity contribution < 1.29 is 18.0 Å². The van der Waals surface area contributed by atoms with E-state index in [0.717, 1.165) is 18.3 Å². The first kappa shape index (κ1) is 19.7. The number of nitrogens with zero attached hydrogens (tertiary/aromatic N) is 2. The summed E-state index contributed by atoms with van der Waals surface area (Å²) in [5, 5.41) is 3.07. The van der Waals surface area contributed by atoms with E-state index in [1.54, 1.807) is 14.0 Å². The van der Waals surface area contributed by atoms with Crippen LogP contribution in [0, 0.1) is 6.92 Å². The van der Waals surface area contributed by atoms with Crippen molar-refractivity contribution in [2.75, 3.05) is 5.32 Å². The number of anilines is 1. The molecule has 2 N–H and O–H groups in total. The highest BCUT2D eigenvalue weighted by molar-refractivity contribution is 7.90. The maximum absolute atomic E-state index is 12.6. The second-order valence-corrected chi connectivity index (χ2v) is 8.72.